The molecular weight excluding hydrogens is 372 g/mol. The van der Waals surface area contributed by atoms with Gasteiger partial charge in [-0.3, -0.25) is 9.82 Å². The number of H-pyrrole nitrogens is 1. The van der Waals surface area contributed by atoms with E-state index in [-0.39, 0.29) is 4.21 Å². The third kappa shape index (κ3) is 3.26. The van der Waals surface area contributed by atoms with Crippen LogP contribution in [0.3, 0.4) is 0 Å². The maximum absolute atomic E-state index is 12.7. The zero-order valence-electron chi connectivity index (χ0n) is 13.6. The molecule has 0 aliphatic rings. The highest BCUT2D eigenvalue weighted by atomic mass is 32.2. The van der Waals surface area contributed by atoms with Crippen molar-refractivity contribution < 1.29 is 12.9 Å². The molecule has 3 aromatic heterocycles. The number of hydrogen-bond donors (Lipinski definition) is 2. The van der Waals surface area contributed by atoms with Crippen molar-refractivity contribution in [3.8, 4) is 21.9 Å². The second-order valence-corrected chi connectivity index (χ2v) is 8.61. The molecule has 0 amide bonds. The molecule has 0 aliphatic heterocycles. The van der Waals surface area contributed by atoms with Crippen LogP contribution in [0.25, 0.3) is 21.9 Å². The van der Waals surface area contributed by atoms with E-state index in [2.05, 4.69) is 20.1 Å². The average molecular weight is 386 g/mol. The Hall–Kier alpha value is -2.91. The summed E-state index contributed by atoms with van der Waals surface area (Å²) in [4.78, 5) is 0.783. The molecule has 26 heavy (non-hydrogen) atoms. The van der Waals surface area contributed by atoms with Gasteiger partial charge in [0.25, 0.3) is 10.0 Å². The van der Waals surface area contributed by atoms with Crippen LogP contribution in [0.2, 0.25) is 0 Å². The van der Waals surface area contributed by atoms with Gasteiger partial charge in [0.2, 0.25) is 0 Å². The smallest absolute Gasteiger partial charge is 0.271 e. The molecule has 4 rings (SSSR count). The quantitative estimate of drug-likeness (QED) is 0.542. The van der Waals surface area contributed by atoms with Gasteiger partial charge in [-0.25, -0.2) is 8.42 Å². The van der Waals surface area contributed by atoms with E-state index in [0.29, 0.717) is 11.4 Å². The lowest BCUT2D eigenvalue weighted by Crippen LogP contribution is -2.11. The van der Waals surface area contributed by atoms with Crippen LogP contribution in [0.4, 0.5) is 5.69 Å². The molecule has 0 bridgehead atoms. The van der Waals surface area contributed by atoms with Gasteiger partial charge >= 0.3 is 0 Å². The van der Waals surface area contributed by atoms with Gasteiger partial charge < -0.3 is 4.52 Å². The molecule has 7 nitrogen and oxygen atoms in total. The van der Waals surface area contributed by atoms with Crippen LogP contribution in [0.1, 0.15) is 5.69 Å². The monoisotopic (exact) mass is 386 g/mol. The normalized spacial score (nSPS) is 11.6. The number of aromatic amines is 1. The first-order chi connectivity index (χ1) is 12.5. The van der Waals surface area contributed by atoms with E-state index >= 15 is 0 Å². The topological polar surface area (TPSA) is 101 Å². The summed E-state index contributed by atoms with van der Waals surface area (Å²) >= 11 is 1.17. The number of rotatable bonds is 5. The Kier molecular flexibility index (Phi) is 4.09. The van der Waals surface area contributed by atoms with E-state index < -0.39 is 10.0 Å². The molecule has 1 aromatic carbocycles. The van der Waals surface area contributed by atoms with Gasteiger partial charge in [-0.2, -0.15) is 5.10 Å². The molecule has 0 radical (unpaired) electrons. The van der Waals surface area contributed by atoms with Gasteiger partial charge in [-0.05, 0) is 37.3 Å². The number of thiophene rings is 1. The van der Waals surface area contributed by atoms with Gasteiger partial charge in [0.1, 0.15) is 9.90 Å². The molecule has 3 heterocycles. The predicted molar refractivity (Wildman–Crippen MR) is 99.4 cm³/mol. The summed E-state index contributed by atoms with van der Waals surface area (Å²) in [6, 6.07) is 13.9. The maximum atomic E-state index is 12.7. The molecule has 0 spiro atoms. The SMILES string of the molecule is Cc1cc(-c2ccc(S(=O)(=O)Nc3cccc(-c4ccno4)c3)s2)n[nH]1. The number of anilines is 1. The lowest BCUT2D eigenvalue weighted by atomic mass is 10.1. The molecule has 0 saturated carbocycles. The number of sulfonamides is 1. The molecule has 0 atom stereocenters. The van der Waals surface area contributed by atoms with Gasteiger partial charge in [-0.15, -0.1) is 11.3 Å². The lowest BCUT2D eigenvalue weighted by Gasteiger charge is -2.07. The highest BCUT2D eigenvalue weighted by molar-refractivity contribution is 7.94. The minimum absolute atomic E-state index is 0.221. The Morgan fingerprint density at radius 3 is 2.77 bits per heavy atom. The molecule has 0 fully saturated rings. The highest BCUT2D eigenvalue weighted by Crippen LogP contribution is 2.31. The van der Waals surface area contributed by atoms with E-state index in [1.807, 2.05) is 19.1 Å². The first-order valence-electron chi connectivity index (χ1n) is 7.67. The highest BCUT2D eigenvalue weighted by Gasteiger charge is 2.18. The van der Waals surface area contributed by atoms with Gasteiger partial charge in [-0.1, -0.05) is 17.3 Å². The second-order valence-electron chi connectivity index (χ2n) is 5.62. The first kappa shape index (κ1) is 16.6. The maximum Gasteiger partial charge on any atom is 0.271 e. The zero-order chi connectivity index (χ0) is 18.1. The number of nitrogens with zero attached hydrogens (tertiary/aromatic N) is 2. The van der Waals surface area contributed by atoms with Crippen molar-refractivity contribution in [2.45, 2.75) is 11.1 Å². The Morgan fingerprint density at radius 1 is 1.15 bits per heavy atom. The number of hydrogen-bond acceptors (Lipinski definition) is 6. The van der Waals surface area contributed by atoms with E-state index in [4.69, 9.17) is 4.52 Å². The molecule has 4 aromatic rings. The van der Waals surface area contributed by atoms with Crippen LogP contribution < -0.4 is 4.72 Å². The van der Waals surface area contributed by atoms with Crippen molar-refractivity contribution in [3.63, 3.8) is 0 Å². The minimum Gasteiger partial charge on any atom is -0.356 e. The van der Waals surface area contributed by atoms with Crippen molar-refractivity contribution in [3.05, 3.63) is 60.4 Å². The van der Waals surface area contributed by atoms with Gasteiger partial charge in [0.05, 0.1) is 11.1 Å². The van der Waals surface area contributed by atoms with Crippen LogP contribution in [-0.4, -0.2) is 23.8 Å². The third-order valence-electron chi connectivity index (χ3n) is 3.64. The first-order valence-corrected chi connectivity index (χ1v) is 9.97. The van der Waals surface area contributed by atoms with E-state index in [9.17, 15) is 8.42 Å². The molecule has 9 heteroatoms. The summed E-state index contributed by atoms with van der Waals surface area (Å²) < 4.78 is 33.3. The Labute approximate surface area is 153 Å². The molecule has 0 unspecified atom stereocenters. The lowest BCUT2D eigenvalue weighted by molar-refractivity contribution is 0.432. The van der Waals surface area contributed by atoms with Crippen molar-refractivity contribution in [1.82, 2.24) is 15.4 Å². The zero-order valence-corrected chi connectivity index (χ0v) is 15.3. The Morgan fingerprint density at radius 2 is 2.04 bits per heavy atom. The average Bonchev–Trinajstić information content (AvgIpc) is 3.36. The summed E-state index contributed by atoms with van der Waals surface area (Å²) in [6.07, 6.45) is 1.54. The Bertz CT molecular complexity index is 1140. The fourth-order valence-electron chi connectivity index (χ4n) is 2.45. The predicted octanol–water partition coefficient (Wildman–Crippen LogP) is 3.90. The number of nitrogens with one attached hydrogen (secondary N) is 2. The molecule has 0 aliphatic carbocycles. The standard InChI is InChI=1S/C17H14N4O3S2/c1-11-9-14(20-19-11)16-5-6-17(25-16)26(22,23)21-13-4-2-3-12(10-13)15-7-8-18-24-15/h2-10,21H,1H3,(H,19,20). The van der Waals surface area contributed by atoms with Crippen molar-refractivity contribution >= 4 is 27.0 Å². The van der Waals surface area contributed by atoms with Crippen LogP contribution >= 0.6 is 11.3 Å². The molecule has 2 N–H and O–H groups in total. The largest absolute Gasteiger partial charge is 0.356 e. The minimum atomic E-state index is -3.69. The molecular formula is C17H14N4O3S2. The van der Waals surface area contributed by atoms with Crippen molar-refractivity contribution in [1.29, 1.82) is 0 Å². The number of benzene rings is 1. The van der Waals surface area contributed by atoms with E-state index in [1.54, 1.807) is 36.4 Å². The summed E-state index contributed by atoms with van der Waals surface area (Å²) in [6.45, 7) is 1.89. The van der Waals surface area contributed by atoms with Crippen LogP contribution in [0.15, 0.2) is 63.5 Å². The molecule has 132 valence electrons. The van der Waals surface area contributed by atoms with E-state index in [0.717, 1.165) is 21.8 Å². The van der Waals surface area contributed by atoms with Crippen molar-refractivity contribution in [2.24, 2.45) is 0 Å². The number of aromatic nitrogens is 3. The number of aryl methyl sites for hydroxylation is 1. The van der Waals surface area contributed by atoms with Gasteiger partial charge in [0, 0.05) is 23.0 Å². The third-order valence-corrected chi connectivity index (χ3v) is 6.62. The summed E-state index contributed by atoms with van der Waals surface area (Å²) in [7, 11) is -3.69. The van der Waals surface area contributed by atoms with Crippen LogP contribution in [0, 0.1) is 6.92 Å². The Balaban J connectivity index is 1.60. The molecule has 0 saturated heterocycles. The summed E-state index contributed by atoms with van der Waals surface area (Å²) in [5, 5.41) is 10.7. The van der Waals surface area contributed by atoms with Gasteiger partial charge in [0.15, 0.2) is 5.76 Å². The van der Waals surface area contributed by atoms with Crippen molar-refractivity contribution in [2.75, 3.05) is 4.72 Å². The summed E-state index contributed by atoms with van der Waals surface area (Å²) in [5.74, 6) is 0.568. The fraction of sp³-hybridized carbons (Fsp3) is 0.0588. The fourth-order valence-corrected chi connectivity index (χ4v) is 4.77. The van der Waals surface area contributed by atoms with Crippen LogP contribution in [0.5, 0.6) is 0 Å². The second kappa shape index (κ2) is 6.43. The van der Waals surface area contributed by atoms with E-state index in [1.165, 1.54) is 17.5 Å². The van der Waals surface area contributed by atoms with Crippen LogP contribution in [-0.2, 0) is 10.0 Å². The summed E-state index contributed by atoms with van der Waals surface area (Å²) in [5.41, 5.74) is 2.83.